The third kappa shape index (κ3) is 4.28. The Morgan fingerprint density at radius 3 is 2.85 bits per heavy atom. The molecule has 7 nitrogen and oxygen atoms in total. The number of thiazole rings is 1. The number of hydrazone groups is 1. The van der Waals surface area contributed by atoms with Gasteiger partial charge in [-0.3, -0.25) is 14.9 Å². The van der Waals surface area contributed by atoms with Crippen LogP contribution in [-0.4, -0.2) is 47.3 Å². The number of alkyl halides is 3. The van der Waals surface area contributed by atoms with Gasteiger partial charge >= 0.3 is 6.18 Å². The van der Waals surface area contributed by atoms with Crippen LogP contribution in [-0.2, 0) is 9.59 Å². The number of carbonyl (C=O) groups is 2. The maximum atomic E-state index is 12.2. The molecular weight excluding hydrogens is 373 g/mol. The minimum absolute atomic E-state index is 0.0631. The molecule has 1 N–H and O–H groups in total. The highest BCUT2D eigenvalue weighted by molar-refractivity contribution is 7.22. The fraction of sp³-hybridized carbons (Fsp3) is 0.333. The van der Waals surface area contributed by atoms with Gasteiger partial charge in [0.05, 0.1) is 10.2 Å². The van der Waals surface area contributed by atoms with Crippen LogP contribution in [0.25, 0.3) is 10.2 Å². The third-order valence-electron chi connectivity index (χ3n) is 3.45. The minimum Gasteiger partial charge on any atom is -0.484 e. The number of hydrogen-bond acceptors (Lipinski definition) is 6. The van der Waals surface area contributed by atoms with Crippen LogP contribution in [0.4, 0.5) is 18.3 Å². The van der Waals surface area contributed by atoms with Crippen LogP contribution >= 0.6 is 11.3 Å². The Kier molecular flexibility index (Phi) is 4.81. The summed E-state index contributed by atoms with van der Waals surface area (Å²) in [5, 5.41) is 7.89. The summed E-state index contributed by atoms with van der Waals surface area (Å²) in [6.45, 7) is -1.38. The lowest BCUT2D eigenvalue weighted by atomic mass is 10.1. The van der Waals surface area contributed by atoms with Gasteiger partial charge in [-0.25, -0.2) is 9.99 Å². The molecule has 1 aromatic heterocycles. The van der Waals surface area contributed by atoms with Crippen molar-refractivity contribution < 1.29 is 27.5 Å². The first-order valence-corrected chi connectivity index (χ1v) is 8.28. The van der Waals surface area contributed by atoms with Crippen molar-refractivity contribution >= 4 is 44.2 Å². The number of carbonyl (C=O) groups excluding carboxylic acids is 2. The molecule has 0 radical (unpaired) electrons. The van der Waals surface area contributed by atoms with E-state index < -0.39 is 18.7 Å². The number of nitrogens with one attached hydrogen (secondary N) is 1. The molecule has 0 bridgehead atoms. The smallest absolute Gasteiger partial charge is 0.422 e. The molecule has 1 aromatic carbocycles. The predicted molar refractivity (Wildman–Crippen MR) is 89.2 cm³/mol. The van der Waals surface area contributed by atoms with E-state index in [9.17, 15) is 22.8 Å². The number of benzene rings is 1. The van der Waals surface area contributed by atoms with E-state index >= 15 is 0 Å². The van der Waals surface area contributed by atoms with E-state index in [1.807, 2.05) is 0 Å². The van der Waals surface area contributed by atoms with E-state index in [1.165, 1.54) is 25.2 Å². The lowest BCUT2D eigenvalue weighted by molar-refractivity contribution is -0.153. The third-order valence-corrected chi connectivity index (χ3v) is 4.39. The van der Waals surface area contributed by atoms with E-state index in [1.54, 1.807) is 0 Å². The van der Waals surface area contributed by atoms with Gasteiger partial charge in [0.15, 0.2) is 11.7 Å². The van der Waals surface area contributed by atoms with Crippen molar-refractivity contribution in [2.75, 3.05) is 19.0 Å². The van der Waals surface area contributed by atoms with E-state index in [-0.39, 0.29) is 35.3 Å². The topological polar surface area (TPSA) is 83.9 Å². The van der Waals surface area contributed by atoms with Crippen LogP contribution in [0.5, 0.6) is 5.75 Å². The minimum atomic E-state index is -4.42. The number of ether oxygens (including phenoxy) is 1. The molecule has 3 rings (SSSR count). The Balaban J connectivity index is 1.72. The van der Waals surface area contributed by atoms with Crippen molar-refractivity contribution in [2.45, 2.75) is 19.0 Å². The fourth-order valence-corrected chi connectivity index (χ4v) is 3.10. The van der Waals surface area contributed by atoms with Crippen LogP contribution in [0.1, 0.15) is 12.8 Å². The molecule has 26 heavy (non-hydrogen) atoms. The normalized spacial score (nSPS) is 15.2. The SMILES string of the molecule is CN1N=C(C(=O)Nc2nc3ccc(OCC(F)(F)F)cc3s2)CCC1=O. The number of fused-ring (bicyclic) bond motifs is 1. The lowest BCUT2D eigenvalue weighted by Crippen LogP contribution is -2.34. The lowest BCUT2D eigenvalue weighted by Gasteiger charge is -2.18. The molecule has 0 saturated carbocycles. The molecule has 0 fully saturated rings. The van der Waals surface area contributed by atoms with Crippen molar-refractivity contribution in [1.29, 1.82) is 0 Å². The zero-order valence-corrected chi connectivity index (χ0v) is 14.3. The maximum Gasteiger partial charge on any atom is 0.422 e. The van der Waals surface area contributed by atoms with Gasteiger partial charge in [0, 0.05) is 19.9 Å². The molecule has 0 unspecified atom stereocenters. The highest BCUT2D eigenvalue weighted by Gasteiger charge is 2.28. The summed E-state index contributed by atoms with van der Waals surface area (Å²) in [5.41, 5.74) is 0.725. The van der Waals surface area contributed by atoms with Crippen LogP contribution in [0.15, 0.2) is 23.3 Å². The number of halogens is 3. The zero-order chi connectivity index (χ0) is 18.9. The summed E-state index contributed by atoms with van der Waals surface area (Å²) in [7, 11) is 1.47. The van der Waals surface area contributed by atoms with Crippen molar-refractivity contribution in [1.82, 2.24) is 9.99 Å². The summed E-state index contributed by atoms with van der Waals surface area (Å²) in [5.74, 6) is -0.585. The van der Waals surface area contributed by atoms with Crippen LogP contribution < -0.4 is 10.1 Å². The van der Waals surface area contributed by atoms with Gasteiger partial charge in [0.25, 0.3) is 5.91 Å². The Morgan fingerprint density at radius 2 is 2.15 bits per heavy atom. The number of aromatic nitrogens is 1. The van der Waals surface area contributed by atoms with Gasteiger partial charge in [0.1, 0.15) is 11.5 Å². The zero-order valence-electron chi connectivity index (χ0n) is 13.5. The van der Waals surface area contributed by atoms with Crippen molar-refractivity contribution in [2.24, 2.45) is 5.10 Å². The molecule has 2 heterocycles. The second-order valence-electron chi connectivity index (χ2n) is 5.47. The molecule has 2 amide bonds. The highest BCUT2D eigenvalue weighted by Crippen LogP contribution is 2.30. The second-order valence-corrected chi connectivity index (χ2v) is 6.50. The van der Waals surface area contributed by atoms with Gasteiger partial charge in [-0.15, -0.1) is 0 Å². The van der Waals surface area contributed by atoms with E-state index in [2.05, 4.69) is 15.4 Å². The molecule has 1 aliphatic heterocycles. The highest BCUT2D eigenvalue weighted by atomic mass is 32.1. The van der Waals surface area contributed by atoms with Gasteiger partial charge in [0.2, 0.25) is 5.91 Å². The average molecular weight is 386 g/mol. The summed E-state index contributed by atoms with van der Waals surface area (Å²) < 4.78 is 41.9. The first-order valence-electron chi connectivity index (χ1n) is 7.47. The van der Waals surface area contributed by atoms with Crippen LogP contribution in [0.3, 0.4) is 0 Å². The van der Waals surface area contributed by atoms with Gasteiger partial charge in [-0.05, 0) is 18.2 Å². The standard InChI is InChI=1S/C15H13F3N4O3S/c1-22-12(23)5-4-10(21-22)13(24)20-14-19-9-3-2-8(6-11(9)26-14)25-7-15(16,17)18/h2-3,6H,4-5,7H2,1H3,(H,19,20,24). The molecular formula is C15H13F3N4O3S. The number of rotatable bonds is 4. The Labute approximate surface area is 149 Å². The van der Waals surface area contributed by atoms with Gasteiger partial charge in [-0.1, -0.05) is 11.3 Å². The quantitative estimate of drug-likeness (QED) is 0.876. The van der Waals surface area contributed by atoms with E-state index in [0.717, 1.165) is 16.3 Å². The van der Waals surface area contributed by atoms with E-state index in [0.29, 0.717) is 10.2 Å². The largest absolute Gasteiger partial charge is 0.484 e. The molecule has 138 valence electrons. The Hall–Kier alpha value is -2.69. The number of nitrogens with zero attached hydrogens (tertiary/aromatic N) is 3. The van der Waals surface area contributed by atoms with Crippen LogP contribution in [0, 0.1) is 0 Å². The first kappa shape index (κ1) is 18.1. The molecule has 2 aromatic rings. The Morgan fingerprint density at radius 1 is 1.38 bits per heavy atom. The Bertz CT molecular complexity index is 894. The van der Waals surface area contributed by atoms with Crippen molar-refractivity contribution in [3.05, 3.63) is 18.2 Å². The summed E-state index contributed by atoms with van der Waals surface area (Å²) in [6.07, 6.45) is -3.99. The van der Waals surface area contributed by atoms with E-state index in [4.69, 9.17) is 4.74 Å². The molecule has 0 atom stereocenters. The van der Waals surface area contributed by atoms with Gasteiger partial charge in [-0.2, -0.15) is 18.3 Å². The molecule has 0 spiro atoms. The molecule has 0 aliphatic carbocycles. The second kappa shape index (κ2) is 6.90. The number of anilines is 1. The fourth-order valence-electron chi connectivity index (χ4n) is 2.22. The van der Waals surface area contributed by atoms with Gasteiger partial charge < -0.3 is 4.74 Å². The molecule has 1 aliphatic rings. The average Bonchev–Trinajstić information content (AvgIpc) is 2.96. The number of amides is 2. The summed E-state index contributed by atoms with van der Waals surface area (Å²) >= 11 is 1.10. The first-order chi connectivity index (χ1) is 12.2. The van der Waals surface area contributed by atoms with Crippen molar-refractivity contribution in [3.63, 3.8) is 0 Å². The summed E-state index contributed by atoms with van der Waals surface area (Å²) in [4.78, 5) is 27.8. The van der Waals surface area contributed by atoms with Crippen LogP contribution in [0.2, 0.25) is 0 Å². The maximum absolute atomic E-state index is 12.2. The molecule has 0 saturated heterocycles. The monoisotopic (exact) mass is 386 g/mol. The number of hydrogen-bond donors (Lipinski definition) is 1. The molecule has 11 heteroatoms. The van der Waals surface area contributed by atoms with Crippen molar-refractivity contribution in [3.8, 4) is 5.75 Å². The predicted octanol–water partition coefficient (Wildman–Crippen LogP) is 2.78. The summed E-state index contributed by atoms with van der Waals surface area (Å²) in [6, 6.07) is 4.32.